The van der Waals surface area contributed by atoms with Crippen LogP contribution in [0, 0.1) is 5.82 Å². The maximum Gasteiger partial charge on any atom is 0.225 e. The van der Waals surface area contributed by atoms with E-state index in [0.29, 0.717) is 18.2 Å². The highest BCUT2D eigenvalue weighted by molar-refractivity contribution is 6.31. The number of halogens is 2. The van der Waals surface area contributed by atoms with E-state index in [1.54, 1.807) is 0 Å². The van der Waals surface area contributed by atoms with E-state index in [1.165, 1.54) is 24.6 Å². The Bertz CT molecular complexity index is 539. The lowest BCUT2D eigenvalue weighted by atomic mass is 10.1. The highest BCUT2D eigenvalue weighted by atomic mass is 35.5. The number of carbonyl (C=O) groups is 1. The summed E-state index contributed by atoms with van der Waals surface area (Å²) in [5.41, 5.74) is 0.532. The molecule has 1 amide bonds. The lowest BCUT2D eigenvalue weighted by Gasteiger charge is -2.23. The van der Waals surface area contributed by atoms with Gasteiger partial charge in [0.25, 0.3) is 0 Å². The summed E-state index contributed by atoms with van der Waals surface area (Å²) >= 11 is 5.71. The minimum Gasteiger partial charge on any atom is -0.326 e. The number of carbonyl (C=O) groups excluding carboxylic acids is 1. The normalized spacial score (nSPS) is 19.6. The molecule has 4 nitrogen and oxygen atoms in total. The van der Waals surface area contributed by atoms with Gasteiger partial charge in [-0.3, -0.25) is 4.79 Å². The number of nitrogens with one attached hydrogen (secondary N) is 1. The Balaban J connectivity index is 1.76. The summed E-state index contributed by atoms with van der Waals surface area (Å²) in [6, 6.07) is 4.85. The molecular formula is C17H25ClFN3O. The molecule has 0 bridgehead atoms. The molecule has 1 atom stereocenters. The molecule has 1 aromatic carbocycles. The van der Waals surface area contributed by atoms with Gasteiger partial charge in [0.2, 0.25) is 5.91 Å². The average Bonchev–Trinajstić information content (AvgIpc) is 2.74. The topological polar surface area (TPSA) is 35.6 Å². The van der Waals surface area contributed by atoms with Gasteiger partial charge in [0.1, 0.15) is 5.82 Å². The third-order valence-electron chi connectivity index (χ3n) is 4.38. The van der Waals surface area contributed by atoms with Crippen LogP contribution in [0.3, 0.4) is 0 Å². The standard InChI is InChI=1S/C17H25ClFN3O/c1-21(2)14-4-3-9-22(10-7-14)11-8-17(23)20-13-5-6-16(19)15(18)12-13/h5-6,12,14H,3-4,7-11H2,1-2H3,(H,20,23). The number of likely N-dealkylation sites (tertiary alicyclic amines) is 1. The molecule has 0 radical (unpaired) electrons. The van der Waals surface area contributed by atoms with E-state index in [9.17, 15) is 9.18 Å². The van der Waals surface area contributed by atoms with Crippen LogP contribution in [0.5, 0.6) is 0 Å². The van der Waals surface area contributed by atoms with E-state index >= 15 is 0 Å². The first-order valence-electron chi connectivity index (χ1n) is 8.09. The summed E-state index contributed by atoms with van der Waals surface area (Å²) in [6.07, 6.45) is 3.95. The van der Waals surface area contributed by atoms with Crippen LogP contribution in [0.25, 0.3) is 0 Å². The van der Waals surface area contributed by atoms with Crippen LogP contribution in [0.2, 0.25) is 5.02 Å². The van der Waals surface area contributed by atoms with Crippen LogP contribution in [-0.4, -0.2) is 55.5 Å². The highest BCUT2D eigenvalue weighted by Crippen LogP contribution is 2.19. The number of hydrogen-bond acceptors (Lipinski definition) is 3. The van der Waals surface area contributed by atoms with Crippen molar-refractivity contribution in [3.05, 3.63) is 29.0 Å². The number of anilines is 1. The molecule has 2 rings (SSSR count). The Morgan fingerprint density at radius 1 is 1.39 bits per heavy atom. The Labute approximate surface area is 142 Å². The second-order valence-electron chi connectivity index (χ2n) is 6.32. The zero-order valence-electron chi connectivity index (χ0n) is 13.8. The summed E-state index contributed by atoms with van der Waals surface area (Å²) in [5.74, 6) is -0.550. The third-order valence-corrected chi connectivity index (χ3v) is 4.67. The number of amides is 1. The Morgan fingerprint density at radius 3 is 2.87 bits per heavy atom. The molecule has 23 heavy (non-hydrogen) atoms. The first-order valence-corrected chi connectivity index (χ1v) is 8.47. The maximum absolute atomic E-state index is 13.1. The van der Waals surface area contributed by atoms with Crippen molar-refractivity contribution in [2.24, 2.45) is 0 Å². The minimum absolute atomic E-state index is 0.0186. The van der Waals surface area contributed by atoms with E-state index in [0.717, 1.165) is 32.5 Å². The molecule has 0 aromatic heterocycles. The largest absolute Gasteiger partial charge is 0.326 e. The first-order chi connectivity index (χ1) is 11.0. The van der Waals surface area contributed by atoms with Gasteiger partial charge in [-0.15, -0.1) is 0 Å². The molecule has 1 fully saturated rings. The Hall–Kier alpha value is -1.17. The van der Waals surface area contributed by atoms with Crippen molar-refractivity contribution in [2.45, 2.75) is 31.7 Å². The van der Waals surface area contributed by atoms with Gasteiger partial charge in [-0.05, 0) is 64.6 Å². The quantitative estimate of drug-likeness (QED) is 0.893. The van der Waals surface area contributed by atoms with Crippen molar-refractivity contribution in [3.8, 4) is 0 Å². The van der Waals surface area contributed by atoms with Gasteiger partial charge in [-0.25, -0.2) is 4.39 Å². The van der Waals surface area contributed by atoms with Crippen molar-refractivity contribution in [3.63, 3.8) is 0 Å². The van der Waals surface area contributed by atoms with E-state index in [4.69, 9.17) is 11.6 Å². The average molecular weight is 342 g/mol. The zero-order valence-corrected chi connectivity index (χ0v) is 14.6. The molecule has 1 N–H and O–H groups in total. The fourth-order valence-corrected chi connectivity index (χ4v) is 3.12. The molecule has 1 aliphatic rings. The molecule has 128 valence electrons. The van der Waals surface area contributed by atoms with E-state index in [1.807, 2.05) is 0 Å². The van der Waals surface area contributed by atoms with Crippen molar-refractivity contribution < 1.29 is 9.18 Å². The number of rotatable bonds is 5. The van der Waals surface area contributed by atoms with Gasteiger partial charge in [-0.1, -0.05) is 11.6 Å². The third kappa shape index (κ3) is 5.75. The lowest BCUT2D eigenvalue weighted by molar-refractivity contribution is -0.116. The van der Waals surface area contributed by atoms with Crippen LogP contribution in [0.1, 0.15) is 25.7 Å². The monoisotopic (exact) mass is 341 g/mol. The molecule has 1 aromatic rings. The van der Waals surface area contributed by atoms with Crippen LogP contribution in [-0.2, 0) is 4.79 Å². The molecule has 0 saturated carbocycles. The fraction of sp³-hybridized carbons (Fsp3) is 0.588. The first kappa shape index (κ1) is 18.2. The number of nitrogens with zero attached hydrogens (tertiary/aromatic N) is 2. The van der Waals surface area contributed by atoms with Crippen LogP contribution < -0.4 is 5.32 Å². The predicted molar refractivity (Wildman–Crippen MR) is 92.4 cm³/mol. The highest BCUT2D eigenvalue weighted by Gasteiger charge is 2.18. The molecule has 1 heterocycles. The van der Waals surface area contributed by atoms with Gasteiger partial charge >= 0.3 is 0 Å². The minimum atomic E-state index is -0.482. The summed E-state index contributed by atoms with van der Waals surface area (Å²) < 4.78 is 13.1. The second kappa shape index (κ2) is 8.62. The molecule has 1 unspecified atom stereocenters. The smallest absolute Gasteiger partial charge is 0.225 e. The van der Waals surface area contributed by atoms with E-state index in [-0.39, 0.29) is 10.9 Å². The van der Waals surface area contributed by atoms with Crippen LogP contribution in [0.15, 0.2) is 18.2 Å². The van der Waals surface area contributed by atoms with Crippen LogP contribution in [0.4, 0.5) is 10.1 Å². The zero-order chi connectivity index (χ0) is 16.8. The maximum atomic E-state index is 13.1. The summed E-state index contributed by atoms with van der Waals surface area (Å²) in [4.78, 5) is 16.7. The van der Waals surface area contributed by atoms with Crippen molar-refractivity contribution in [2.75, 3.05) is 39.0 Å². The van der Waals surface area contributed by atoms with Gasteiger partial charge in [-0.2, -0.15) is 0 Å². The number of benzene rings is 1. The van der Waals surface area contributed by atoms with E-state index < -0.39 is 5.82 Å². The SMILES string of the molecule is CN(C)C1CCCN(CCC(=O)Nc2ccc(F)c(Cl)c2)CC1. The predicted octanol–water partition coefficient (Wildman–Crippen LogP) is 3.22. The number of hydrogen-bond donors (Lipinski definition) is 1. The molecule has 0 spiro atoms. The lowest BCUT2D eigenvalue weighted by Crippen LogP contribution is -2.31. The van der Waals surface area contributed by atoms with Crippen molar-refractivity contribution in [1.82, 2.24) is 9.80 Å². The van der Waals surface area contributed by atoms with Gasteiger partial charge in [0.15, 0.2) is 0 Å². The fourth-order valence-electron chi connectivity index (χ4n) is 2.94. The van der Waals surface area contributed by atoms with Crippen LogP contribution >= 0.6 is 11.6 Å². The van der Waals surface area contributed by atoms with Crippen molar-refractivity contribution >= 4 is 23.2 Å². The summed E-state index contributed by atoms with van der Waals surface area (Å²) in [7, 11) is 4.25. The molecule has 1 aliphatic heterocycles. The van der Waals surface area contributed by atoms with Crippen molar-refractivity contribution in [1.29, 1.82) is 0 Å². The summed E-state index contributed by atoms with van der Waals surface area (Å²) in [6.45, 7) is 2.82. The second-order valence-corrected chi connectivity index (χ2v) is 6.72. The Kier molecular flexibility index (Phi) is 6.81. The van der Waals surface area contributed by atoms with E-state index in [2.05, 4.69) is 29.2 Å². The molecular weight excluding hydrogens is 317 g/mol. The van der Waals surface area contributed by atoms with Gasteiger partial charge in [0, 0.05) is 24.7 Å². The summed E-state index contributed by atoms with van der Waals surface area (Å²) in [5, 5.41) is 2.79. The Morgan fingerprint density at radius 2 is 2.17 bits per heavy atom. The molecule has 6 heteroatoms. The van der Waals surface area contributed by atoms with Gasteiger partial charge < -0.3 is 15.1 Å². The van der Waals surface area contributed by atoms with Gasteiger partial charge in [0.05, 0.1) is 5.02 Å². The molecule has 1 saturated heterocycles. The molecule has 0 aliphatic carbocycles.